The molecular weight excluding hydrogens is 1370 g/mol. The van der Waals surface area contributed by atoms with Crippen molar-refractivity contribution in [3.8, 4) is 23.0 Å². The van der Waals surface area contributed by atoms with E-state index in [4.69, 9.17) is 25.4 Å². The highest BCUT2D eigenvalue weighted by Crippen LogP contribution is 2.65. The summed E-state index contributed by atoms with van der Waals surface area (Å²) in [5.74, 6) is 0.771. The van der Waals surface area contributed by atoms with Crippen LogP contribution in [0, 0.1) is 11.8 Å². The monoisotopic (exact) mass is 1470 g/mol. The molecule has 3 aliphatic carbocycles. The lowest BCUT2D eigenvalue weighted by Gasteiger charge is -2.62. The molecule has 106 heavy (non-hydrogen) atoms. The van der Waals surface area contributed by atoms with Crippen LogP contribution in [0.4, 0.5) is 11.4 Å². The SMILES string of the molecule is CC(CN1c2ccccc2Sc2ccccc21)N(C)C.CC[C@@H](c1cccc(O)c1)[C@@H](C)CN(C)C.COc1ccc2cc([C@H](C)C(=O)O)ccc2c1.NC(=O)C[S+]([O-])C(c1ccccc1)c1ccccc1.O=C(O)c1cccnc1.O=C1CC[C@@]2(O)[C@H]3Cc4ccc(O)c5c4[C@@]2(CCN3CC2CC2)[C@H]1O5. The van der Waals surface area contributed by atoms with Crippen molar-refractivity contribution >= 4 is 68.7 Å². The summed E-state index contributed by atoms with van der Waals surface area (Å²) in [5, 5.41) is 50.9. The molecule has 8 aromatic carbocycles. The Hall–Kier alpha value is -9.25. The fourth-order valence-electron chi connectivity index (χ4n) is 15.3. The summed E-state index contributed by atoms with van der Waals surface area (Å²) in [6, 6.07) is 62.8. The van der Waals surface area contributed by atoms with E-state index in [2.05, 4.69) is 128 Å². The minimum absolute atomic E-state index is 0.0454. The number of anilines is 2. The maximum atomic E-state index is 12.7. The molecule has 1 amide bonds. The van der Waals surface area contributed by atoms with Gasteiger partial charge in [0.15, 0.2) is 34.4 Å². The number of carbonyl (C=O) groups is 4. The number of phenolic OH excluding ortho intramolecular Hbond substituents is 2. The van der Waals surface area contributed by atoms with Crippen molar-refractivity contribution in [1.82, 2.24) is 19.7 Å². The van der Waals surface area contributed by atoms with E-state index in [9.17, 15) is 39.1 Å². The van der Waals surface area contributed by atoms with Crippen molar-refractivity contribution in [3.63, 3.8) is 0 Å². The number of aromatic hydroxyl groups is 2. The van der Waals surface area contributed by atoms with Crippen molar-refractivity contribution in [2.45, 2.75) is 129 Å². The normalized spacial score (nSPS) is 19.8. The number of hydrogen-bond acceptors (Lipinski definition) is 16. The number of aromatic nitrogens is 1. The number of hydrogen-bond donors (Lipinski definition) is 6. The Morgan fingerprint density at radius 2 is 1.38 bits per heavy atom. The Bertz CT molecular complexity index is 4370. The first-order valence-electron chi connectivity index (χ1n) is 36.3. The van der Waals surface area contributed by atoms with Gasteiger partial charge in [-0.3, -0.25) is 24.3 Å². The number of primary amides is 1. The van der Waals surface area contributed by atoms with Crippen LogP contribution in [0.3, 0.4) is 0 Å². The van der Waals surface area contributed by atoms with Crippen molar-refractivity contribution in [3.05, 3.63) is 245 Å². The number of piperidine rings is 1. The van der Waals surface area contributed by atoms with Gasteiger partial charge in [0, 0.05) is 77.0 Å². The number of ether oxygens (including phenoxy) is 2. The number of amides is 1. The molecule has 1 aromatic heterocycles. The van der Waals surface area contributed by atoms with Gasteiger partial charge < -0.3 is 60.0 Å². The third-order valence-corrected chi connectivity index (χ3v) is 23.9. The largest absolute Gasteiger partial charge is 0.615 e. The van der Waals surface area contributed by atoms with Gasteiger partial charge in [0.1, 0.15) is 11.5 Å². The zero-order valence-electron chi connectivity index (χ0n) is 62.0. The number of nitrogens with zero attached hydrogens (tertiary/aromatic N) is 5. The smallest absolute Gasteiger partial charge is 0.337 e. The van der Waals surface area contributed by atoms with E-state index in [0.717, 1.165) is 95.7 Å². The highest BCUT2D eigenvalue weighted by molar-refractivity contribution is 7.99. The molecule has 20 heteroatoms. The quantitative estimate of drug-likeness (QED) is 0.0411. The molecule has 558 valence electrons. The Balaban J connectivity index is 0.000000139. The van der Waals surface area contributed by atoms with E-state index in [1.54, 1.807) is 32.2 Å². The molecule has 3 fully saturated rings. The molecule has 6 aliphatic rings. The van der Waals surface area contributed by atoms with E-state index in [-0.39, 0.29) is 34.1 Å². The highest BCUT2D eigenvalue weighted by atomic mass is 32.2. The molecule has 3 aliphatic heterocycles. The Labute approximate surface area is 630 Å². The van der Waals surface area contributed by atoms with Gasteiger partial charge in [-0.2, -0.15) is 0 Å². The van der Waals surface area contributed by atoms with E-state index in [1.165, 1.54) is 58.0 Å². The molecule has 9 aromatic rings. The van der Waals surface area contributed by atoms with Crippen LogP contribution in [0.1, 0.15) is 127 Å². The lowest BCUT2D eigenvalue weighted by molar-refractivity contribution is -0.188. The van der Waals surface area contributed by atoms with Crippen LogP contribution in [-0.4, -0.2) is 164 Å². The number of phenols is 2. The summed E-state index contributed by atoms with van der Waals surface area (Å²) in [6.07, 6.45) is 8.28. The lowest BCUT2D eigenvalue weighted by atomic mass is 9.49. The number of aromatic carboxylic acids is 1. The second-order valence-electron chi connectivity index (χ2n) is 28.8. The van der Waals surface area contributed by atoms with Gasteiger partial charge in [-0.1, -0.05) is 153 Å². The van der Waals surface area contributed by atoms with Crippen LogP contribution in [-0.2, 0) is 37.4 Å². The molecule has 2 bridgehead atoms. The number of methoxy groups -OCH3 is 1. The number of carboxylic acids is 2. The predicted molar refractivity (Wildman–Crippen MR) is 420 cm³/mol. The summed E-state index contributed by atoms with van der Waals surface area (Å²) in [7, 11) is 10.1. The Morgan fingerprint density at radius 1 is 0.755 bits per heavy atom. The van der Waals surface area contributed by atoms with Crippen molar-refractivity contribution < 1.29 is 58.7 Å². The molecule has 1 spiro atoms. The summed E-state index contributed by atoms with van der Waals surface area (Å²) in [6.45, 7) is 12.5. The number of nitrogens with two attached hydrogens (primary N) is 1. The number of rotatable bonds is 19. The number of benzene rings is 8. The average Bonchev–Trinajstić information content (AvgIpc) is 1.43. The number of likely N-dealkylation sites (tertiary alicyclic amines) is 1. The topological polar surface area (TPSA) is 263 Å². The van der Waals surface area contributed by atoms with Crippen molar-refractivity contribution in [2.24, 2.45) is 17.6 Å². The zero-order chi connectivity index (χ0) is 76.0. The lowest BCUT2D eigenvalue weighted by Crippen LogP contribution is -2.76. The van der Waals surface area contributed by atoms with E-state index < -0.39 is 52.1 Å². The first-order chi connectivity index (χ1) is 50.8. The van der Waals surface area contributed by atoms with Crippen LogP contribution in [0.5, 0.6) is 23.0 Å². The van der Waals surface area contributed by atoms with Crippen LogP contribution in [0.25, 0.3) is 10.8 Å². The minimum atomic E-state index is -1.36. The van der Waals surface area contributed by atoms with E-state index in [0.29, 0.717) is 42.2 Å². The number of likely N-dealkylation sites (N-methyl/N-ethyl adjacent to an activating group) is 1. The highest BCUT2D eigenvalue weighted by Gasteiger charge is 2.73. The molecule has 2 saturated carbocycles. The molecule has 0 radical (unpaired) electrons. The number of fused-ring (bicyclic) bond motifs is 3. The summed E-state index contributed by atoms with van der Waals surface area (Å²) in [5.41, 5.74) is 12.4. The number of carbonyl (C=O) groups excluding carboxylic acids is 2. The van der Waals surface area contributed by atoms with Crippen molar-refractivity contribution in [1.29, 1.82) is 0 Å². The van der Waals surface area contributed by atoms with Gasteiger partial charge >= 0.3 is 11.9 Å². The number of aliphatic hydroxyl groups is 1. The molecule has 4 heterocycles. The van der Waals surface area contributed by atoms with Crippen LogP contribution < -0.4 is 20.1 Å². The Morgan fingerprint density at radius 3 is 1.93 bits per heavy atom. The Kier molecular flexibility index (Phi) is 26.9. The number of aliphatic carboxylic acids is 1. The molecule has 2 unspecified atom stereocenters. The van der Waals surface area contributed by atoms with Gasteiger partial charge in [0.2, 0.25) is 0 Å². The molecule has 9 atom stereocenters. The fraction of sp³-hybridized carbons (Fsp3) is 0.360. The average molecular weight is 1470 g/mol. The van der Waals surface area contributed by atoms with E-state index >= 15 is 0 Å². The van der Waals surface area contributed by atoms with E-state index in [1.807, 2.05) is 127 Å². The maximum Gasteiger partial charge on any atom is 0.337 e. The van der Waals surface area contributed by atoms with Gasteiger partial charge in [0.25, 0.3) is 5.91 Å². The standard InChI is InChI=1S/C20H23NO4.C17H20N2S.C15H15NO2S.C14H23NO.C14H14O3.C6H5NO2/c22-13-4-3-12-9-15-20(24)6-5-14(23)18-19(20,16(12)17(13)25-18)7-8-21(15)10-11-1-2-11;1-13(18(2)3)12-19-14-8-4-6-10-16(14)20-17-11-7-5-9-15(17)19;16-14(17)11-19(18)15(12-7-3-1-4-8-12)13-9-5-2-6-10-13;1-5-14(11(2)10-15(3)4)12-7-6-8-13(16)9-12;1-9(14(15)16)10-3-4-12-8-13(17-2)6-5-11(12)7-10;8-6(9)5-2-1-3-7-4-5/h3-4,11,15,18,22,24H,1-2,5-10H2;4-11,13H,12H2,1-3H3;1-10,15H,11H2,(H2,16,17);6-9,11,14,16H,5,10H2,1-4H3;3-9H,1-2H3,(H,15,16);1-4H,(H,8,9)/t15-,18+,19+,20-;;;11-,14+;9-;/m1..00./s1. The second kappa shape index (κ2) is 35.9. The summed E-state index contributed by atoms with van der Waals surface area (Å²) in [4.78, 5) is 60.5. The molecule has 7 N–H and O–H groups in total. The third kappa shape index (κ3) is 18.6. The van der Waals surface area contributed by atoms with Crippen LogP contribution >= 0.6 is 11.8 Å². The second-order valence-corrected chi connectivity index (χ2v) is 31.4. The third-order valence-electron chi connectivity index (χ3n) is 21.1. The van der Waals surface area contributed by atoms with Crippen molar-refractivity contribution in [2.75, 3.05) is 72.1 Å². The molecule has 15 rings (SSSR count). The van der Waals surface area contributed by atoms with Crippen LogP contribution in [0.2, 0.25) is 0 Å². The van der Waals surface area contributed by atoms with Gasteiger partial charge in [-0.25, -0.2) is 4.79 Å². The summed E-state index contributed by atoms with van der Waals surface area (Å²) < 4.78 is 23.5. The van der Waals surface area contributed by atoms with Crippen LogP contribution in [0.15, 0.2) is 216 Å². The number of ketones is 1. The fourth-order valence-corrected chi connectivity index (χ4v) is 17.8. The number of Topliss-reactive ketones (excluding diaryl/α,β-unsaturated/α-hetero) is 1. The summed E-state index contributed by atoms with van der Waals surface area (Å²) >= 11 is 0.502. The van der Waals surface area contributed by atoms with Gasteiger partial charge in [-0.05, 0) is 210 Å². The number of carboxylic acid groups (broad SMARTS) is 2. The number of para-hydroxylation sites is 2. The number of pyridine rings is 1. The first-order valence-corrected chi connectivity index (χ1v) is 38.5. The minimum Gasteiger partial charge on any atom is -0.615 e. The van der Waals surface area contributed by atoms with Gasteiger partial charge in [-0.15, -0.1) is 0 Å². The molecular formula is C86H100N6O12S2. The van der Waals surface area contributed by atoms with Gasteiger partial charge in [0.05, 0.1) is 41.0 Å². The molecule has 18 nitrogen and oxygen atoms in total. The maximum absolute atomic E-state index is 12.7. The zero-order valence-corrected chi connectivity index (χ0v) is 63.6. The first kappa shape index (κ1) is 79.3. The molecule has 1 saturated heterocycles. The predicted octanol–water partition coefficient (Wildman–Crippen LogP) is 14.7.